The average Bonchev–Trinajstić information content (AvgIpc) is 2.78. The molecule has 3 atom stereocenters. The van der Waals surface area contributed by atoms with Gasteiger partial charge in [0.15, 0.2) is 0 Å². The summed E-state index contributed by atoms with van der Waals surface area (Å²) in [6, 6.07) is 29.6. The van der Waals surface area contributed by atoms with Gasteiger partial charge in [-0.15, -0.1) is 9.24 Å². The highest BCUT2D eigenvalue weighted by atomic mass is 31.1. The second-order valence-electron chi connectivity index (χ2n) is 6.58. The Morgan fingerprint density at radius 2 is 1.32 bits per heavy atom. The molecule has 3 rings (SSSR count). The zero-order chi connectivity index (χ0) is 20.2. The second-order valence-corrected chi connectivity index (χ2v) is 9.92. The SMILES string of the molecule is CCCP(CC)c1ccccc1.COc1ccc(C(P)c2ccccc2)cc1. The molecule has 0 radical (unpaired) electrons. The Kier molecular flexibility index (Phi) is 10.3. The summed E-state index contributed by atoms with van der Waals surface area (Å²) in [7, 11) is 4.71. The third-order valence-electron chi connectivity index (χ3n) is 4.63. The summed E-state index contributed by atoms with van der Waals surface area (Å²) in [6.07, 6.45) is 4.03. The Labute approximate surface area is 174 Å². The minimum atomic E-state index is 0.146. The summed E-state index contributed by atoms with van der Waals surface area (Å²) in [5, 5.41) is 1.57. The van der Waals surface area contributed by atoms with Crippen LogP contribution in [-0.4, -0.2) is 19.4 Å². The Balaban J connectivity index is 0.000000209. The Morgan fingerprint density at radius 1 is 0.786 bits per heavy atom. The van der Waals surface area contributed by atoms with E-state index < -0.39 is 0 Å². The van der Waals surface area contributed by atoms with Gasteiger partial charge in [0, 0.05) is 5.66 Å². The second kappa shape index (κ2) is 12.7. The topological polar surface area (TPSA) is 9.23 Å². The molecule has 0 aliphatic heterocycles. The van der Waals surface area contributed by atoms with Crippen molar-refractivity contribution in [3.8, 4) is 5.75 Å². The van der Waals surface area contributed by atoms with E-state index in [9.17, 15) is 0 Å². The van der Waals surface area contributed by atoms with Crippen LogP contribution in [-0.2, 0) is 0 Å². The Hall–Kier alpha value is -1.68. The van der Waals surface area contributed by atoms with Crippen LogP contribution in [0.25, 0.3) is 0 Å². The van der Waals surface area contributed by atoms with E-state index in [0.717, 1.165) is 5.75 Å². The number of benzene rings is 3. The van der Waals surface area contributed by atoms with Crippen LogP contribution in [0, 0.1) is 0 Å². The zero-order valence-corrected chi connectivity index (χ0v) is 19.3. The maximum Gasteiger partial charge on any atom is 0.118 e. The summed E-state index contributed by atoms with van der Waals surface area (Å²) in [5.41, 5.74) is 2.92. The summed E-state index contributed by atoms with van der Waals surface area (Å²) < 4.78 is 5.15. The highest BCUT2D eigenvalue weighted by Gasteiger charge is 2.07. The quantitative estimate of drug-likeness (QED) is 0.386. The van der Waals surface area contributed by atoms with Crippen molar-refractivity contribution in [2.24, 2.45) is 0 Å². The van der Waals surface area contributed by atoms with Crippen LogP contribution in [0.2, 0.25) is 0 Å². The maximum absolute atomic E-state index is 5.15. The van der Waals surface area contributed by atoms with Crippen LogP contribution in [0.15, 0.2) is 84.9 Å². The van der Waals surface area contributed by atoms with Gasteiger partial charge in [-0.1, -0.05) is 101 Å². The van der Waals surface area contributed by atoms with Gasteiger partial charge < -0.3 is 4.74 Å². The third-order valence-corrected chi connectivity index (χ3v) is 8.18. The van der Waals surface area contributed by atoms with Gasteiger partial charge >= 0.3 is 0 Å². The van der Waals surface area contributed by atoms with Crippen LogP contribution in [0.3, 0.4) is 0 Å². The fourth-order valence-electron chi connectivity index (χ4n) is 3.04. The third kappa shape index (κ3) is 7.05. The molecule has 0 saturated heterocycles. The minimum Gasteiger partial charge on any atom is -0.497 e. The first-order chi connectivity index (χ1) is 13.7. The van der Waals surface area contributed by atoms with E-state index in [4.69, 9.17) is 4.74 Å². The molecule has 3 heteroatoms. The lowest BCUT2D eigenvalue weighted by Crippen LogP contribution is -2.03. The molecular formula is C25H32OP2. The zero-order valence-electron chi connectivity index (χ0n) is 17.2. The summed E-state index contributed by atoms with van der Waals surface area (Å²) in [6.45, 7) is 4.57. The number of hydrogen-bond donors (Lipinski definition) is 0. The molecule has 1 nitrogen and oxygen atoms in total. The van der Waals surface area contributed by atoms with Crippen molar-refractivity contribution in [2.45, 2.75) is 25.9 Å². The number of methoxy groups -OCH3 is 1. The molecule has 28 heavy (non-hydrogen) atoms. The van der Waals surface area contributed by atoms with Crippen LogP contribution in [0.4, 0.5) is 0 Å². The van der Waals surface area contributed by atoms with E-state index in [1.807, 2.05) is 18.2 Å². The van der Waals surface area contributed by atoms with Crippen molar-refractivity contribution < 1.29 is 4.74 Å². The van der Waals surface area contributed by atoms with Gasteiger partial charge in [0.25, 0.3) is 0 Å². The van der Waals surface area contributed by atoms with E-state index in [-0.39, 0.29) is 7.92 Å². The molecule has 0 amide bonds. The predicted octanol–water partition coefficient (Wildman–Crippen LogP) is 6.88. The van der Waals surface area contributed by atoms with Crippen molar-refractivity contribution >= 4 is 22.5 Å². The van der Waals surface area contributed by atoms with Crippen molar-refractivity contribution in [2.75, 3.05) is 19.4 Å². The van der Waals surface area contributed by atoms with Crippen molar-refractivity contribution in [1.82, 2.24) is 0 Å². The highest BCUT2D eigenvalue weighted by molar-refractivity contribution is 7.65. The molecule has 0 bridgehead atoms. The molecule has 148 valence electrons. The first-order valence-electron chi connectivity index (χ1n) is 9.94. The molecule has 3 aromatic rings. The molecule has 3 aromatic carbocycles. The van der Waals surface area contributed by atoms with Gasteiger partial charge in [-0.25, -0.2) is 0 Å². The standard InChI is InChI=1S/C14H15OP.C11H17P/c1-15-13-9-7-12(8-10-13)14(16)11-5-3-2-4-6-11;1-3-10-12(4-2)11-8-6-5-7-9-11/h2-10,14H,16H2,1H3;5-9H,3-4,10H2,1-2H3. The minimum absolute atomic E-state index is 0.146. The lowest BCUT2D eigenvalue weighted by molar-refractivity contribution is 0.414. The van der Waals surface area contributed by atoms with Gasteiger partial charge in [0.05, 0.1) is 7.11 Å². The fraction of sp³-hybridized carbons (Fsp3) is 0.280. The van der Waals surface area contributed by atoms with Gasteiger partial charge in [-0.05, 0) is 40.9 Å². The molecule has 0 aliphatic rings. The first kappa shape index (κ1) is 22.6. The van der Waals surface area contributed by atoms with E-state index in [0.29, 0.717) is 5.66 Å². The fourth-order valence-corrected chi connectivity index (χ4v) is 5.56. The van der Waals surface area contributed by atoms with Crippen LogP contribution >= 0.6 is 17.2 Å². The smallest absolute Gasteiger partial charge is 0.118 e. The van der Waals surface area contributed by atoms with Crippen LogP contribution in [0.1, 0.15) is 37.1 Å². The Bertz CT molecular complexity index is 773. The van der Waals surface area contributed by atoms with Gasteiger partial charge in [0.1, 0.15) is 5.75 Å². The number of rotatable bonds is 7. The predicted molar refractivity (Wildman–Crippen MR) is 130 cm³/mol. The van der Waals surface area contributed by atoms with E-state index in [1.54, 1.807) is 12.4 Å². The molecule has 0 heterocycles. The molecule has 3 unspecified atom stereocenters. The molecule has 0 saturated carbocycles. The van der Waals surface area contributed by atoms with Gasteiger partial charge in [0.2, 0.25) is 0 Å². The van der Waals surface area contributed by atoms with Crippen LogP contribution < -0.4 is 10.0 Å². The summed E-state index contributed by atoms with van der Waals surface area (Å²) in [5.74, 6) is 0.897. The molecular weight excluding hydrogens is 378 g/mol. The molecule has 0 spiro atoms. The number of ether oxygens (including phenoxy) is 1. The Morgan fingerprint density at radius 3 is 1.82 bits per heavy atom. The molecule has 0 fully saturated rings. The van der Waals surface area contributed by atoms with Crippen molar-refractivity contribution in [1.29, 1.82) is 0 Å². The molecule has 0 aliphatic carbocycles. The van der Waals surface area contributed by atoms with E-state index in [1.165, 1.54) is 29.9 Å². The molecule has 0 N–H and O–H groups in total. The van der Waals surface area contributed by atoms with Crippen molar-refractivity contribution in [3.63, 3.8) is 0 Å². The molecule has 0 aromatic heterocycles. The van der Waals surface area contributed by atoms with Gasteiger partial charge in [-0.3, -0.25) is 0 Å². The largest absolute Gasteiger partial charge is 0.497 e. The number of hydrogen-bond acceptors (Lipinski definition) is 1. The normalized spacial score (nSPS) is 12.4. The van der Waals surface area contributed by atoms with Crippen LogP contribution in [0.5, 0.6) is 5.75 Å². The average molecular weight is 410 g/mol. The lowest BCUT2D eigenvalue weighted by Gasteiger charge is -2.14. The highest BCUT2D eigenvalue weighted by Crippen LogP contribution is 2.34. The lowest BCUT2D eigenvalue weighted by atomic mass is 10.0. The van der Waals surface area contributed by atoms with Crippen molar-refractivity contribution in [3.05, 3.63) is 96.1 Å². The summed E-state index contributed by atoms with van der Waals surface area (Å²) >= 11 is 0. The van der Waals surface area contributed by atoms with Gasteiger partial charge in [-0.2, -0.15) is 0 Å². The monoisotopic (exact) mass is 410 g/mol. The summed E-state index contributed by atoms with van der Waals surface area (Å²) in [4.78, 5) is 0. The first-order valence-corrected chi connectivity index (χ1v) is 12.3. The maximum atomic E-state index is 5.15. The van der Waals surface area contributed by atoms with E-state index >= 15 is 0 Å². The van der Waals surface area contributed by atoms with E-state index in [2.05, 4.69) is 89.8 Å².